The van der Waals surface area contributed by atoms with Crippen LogP contribution in [0.2, 0.25) is 0 Å². The monoisotopic (exact) mass is 443 g/mol. The van der Waals surface area contributed by atoms with E-state index in [1.807, 2.05) is 0 Å². The average Bonchev–Trinajstić information content (AvgIpc) is 3.10. The van der Waals surface area contributed by atoms with Crippen molar-refractivity contribution in [1.82, 2.24) is 5.32 Å². The number of fused-ring (bicyclic) bond motifs is 1. The van der Waals surface area contributed by atoms with E-state index in [2.05, 4.69) is 5.32 Å². The van der Waals surface area contributed by atoms with Gasteiger partial charge in [0.05, 0.1) is 5.75 Å². The predicted molar refractivity (Wildman–Crippen MR) is 118 cm³/mol. The van der Waals surface area contributed by atoms with Gasteiger partial charge in [0.25, 0.3) is 5.91 Å². The second-order valence-corrected chi connectivity index (χ2v) is 10.6. The molecule has 1 aliphatic carbocycles. The molecule has 1 heterocycles. The number of carbonyl (C=O) groups excluding carboxylic acids is 1. The highest BCUT2D eigenvalue weighted by Crippen LogP contribution is 2.39. The number of para-hydroxylation sites is 1. The molecule has 5 nitrogen and oxygen atoms in total. The summed E-state index contributed by atoms with van der Waals surface area (Å²) in [5.74, 6) is -0.944. The largest absolute Gasteiger partial charge is 0.451 e. The number of furan rings is 1. The van der Waals surface area contributed by atoms with Gasteiger partial charge >= 0.3 is 0 Å². The van der Waals surface area contributed by atoms with Crippen LogP contribution in [0.4, 0.5) is 4.39 Å². The van der Waals surface area contributed by atoms with Crippen molar-refractivity contribution in [1.29, 1.82) is 0 Å². The lowest BCUT2D eigenvalue weighted by molar-refractivity contribution is 0.0910. The van der Waals surface area contributed by atoms with Crippen LogP contribution in [0.3, 0.4) is 0 Å². The topological polar surface area (TPSA) is 76.4 Å². The van der Waals surface area contributed by atoms with E-state index < -0.39 is 15.7 Å². The summed E-state index contributed by atoms with van der Waals surface area (Å²) in [7, 11) is -3.36. The van der Waals surface area contributed by atoms with Crippen LogP contribution in [0, 0.1) is 5.82 Å². The second-order valence-electron chi connectivity index (χ2n) is 8.51. The predicted octanol–water partition coefficient (Wildman–Crippen LogP) is 4.75. The van der Waals surface area contributed by atoms with Crippen LogP contribution in [0.15, 0.2) is 52.9 Å². The van der Waals surface area contributed by atoms with E-state index in [4.69, 9.17) is 4.42 Å². The Hall–Kier alpha value is -2.67. The lowest BCUT2D eigenvalue weighted by Gasteiger charge is -2.38. The number of nitrogens with one attached hydrogen (secondary N) is 1. The Morgan fingerprint density at radius 1 is 1.06 bits per heavy atom. The summed E-state index contributed by atoms with van der Waals surface area (Å²) in [6.45, 7) is 0.382. The zero-order valence-electron chi connectivity index (χ0n) is 17.5. The molecular formula is C24H26FNO4S. The maximum atomic E-state index is 13.5. The summed E-state index contributed by atoms with van der Waals surface area (Å²) in [5, 5.41) is 3.62. The van der Waals surface area contributed by atoms with E-state index in [0.717, 1.165) is 43.9 Å². The minimum atomic E-state index is -3.36. The van der Waals surface area contributed by atoms with Gasteiger partial charge in [0.15, 0.2) is 15.6 Å². The Kier molecular flexibility index (Phi) is 5.88. The van der Waals surface area contributed by atoms with E-state index in [0.29, 0.717) is 23.1 Å². The van der Waals surface area contributed by atoms with Crippen molar-refractivity contribution >= 4 is 26.7 Å². The minimum absolute atomic E-state index is 0.0386. The first-order valence-electron chi connectivity index (χ1n) is 10.5. The molecule has 7 heteroatoms. The molecule has 31 heavy (non-hydrogen) atoms. The first kappa shape index (κ1) is 21.6. The Morgan fingerprint density at radius 3 is 2.42 bits per heavy atom. The van der Waals surface area contributed by atoms with E-state index in [-0.39, 0.29) is 22.7 Å². The van der Waals surface area contributed by atoms with Gasteiger partial charge in [-0.1, -0.05) is 49.6 Å². The number of hydrogen-bond acceptors (Lipinski definition) is 4. The third kappa shape index (κ3) is 4.66. The highest BCUT2D eigenvalue weighted by Gasteiger charge is 2.35. The van der Waals surface area contributed by atoms with Crippen molar-refractivity contribution in [3.05, 3.63) is 71.2 Å². The molecule has 0 spiro atoms. The van der Waals surface area contributed by atoms with Crippen molar-refractivity contribution in [2.24, 2.45) is 0 Å². The van der Waals surface area contributed by atoms with Gasteiger partial charge < -0.3 is 9.73 Å². The maximum Gasteiger partial charge on any atom is 0.287 e. The molecule has 1 aromatic heterocycles. The molecular weight excluding hydrogens is 417 g/mol. The summed E-state index contributed by atoms with van der Waals surface area (Å²) in [4.78, 5) is 13.1. The van der Waals surface area contributed by atoms with Gasteiger partial charge in [-0.05, 0) is 36.6 Å². The van der Waals surface area contributed by atoms with Crippen LogP contribution < -0.4 is 5.32 Å². The third-order valence-corrected chi connectivity index (χ3v) is 6.98. The Bertz CT molecular complexity index is 1190. The number of halogens is 1. The summed E-state index contributed by atoms with van der Waals surface area (Å²) in [5.41, 5.74) is 1.60. The molecule has 0 aliphatic heterocycles. The van der Waals surface area contributed by atoms with E-state index in [1.165, 1.54) is 12.1 Å². The smallest absolute Gasteiger partial charge is 0.287 e. The van der Waals surface area contributed by atoms with Crippen LogP contribution >= 0.6 is 0 Å². The zero-order valence-corrected chi connectivity index (χ0v) is 18.3. The maximum absolute atomic E-state index is 13.5. The molecule has 1 fully saturated rings. The molecule has 2 aromatic carbocycles. The molecule has 0 saturated heterocycles. The molecule has 3 aromatic rings. The summed E-state index contributed by atoms with van der Waals surface area (Å²) in [6, 6.07) is 13.6. The average molecular weight is 444 g/mol. The van der Waals surface area contributed by atoms with Crippen LogP contribution in [0.1, 0.15) is 53.8 Å². The van der Waals surface area contributed by atoms with Gasteiger partial charge in [0.1, 0.15) is 11.4 Å². The number of sulfone groups is 1. The van der Waals surface area contributed by atoms with E-state index >= 15 is 0 Å². The third-order valence-electron chi connectivity index (χ3n) is 6.17. The molecule has 4 rings (SSSR count). The zero-order chi connectivity index (χ0) is 22.1. The Labute approximate surface area is 181 Å². The van der Waals surface area contributed by atoms with Crippen molar-refractivity contribution in [2.75, 3.05) is 12.8 Å². The lowest BCUT2D eigenvalue weighted by atomic mass is 9.69. The Balaban J connectivity index is 1.63. The van der Waals surface area contributed by atoms with E-state index in [9.17, 15) is 17.6 Å². The highest BCUT2D eigenvalue weighted by atomic mass is 32.2. The number of benzene rings is 2. The van der Waals surface area contributed by atoms with Gasteiger partial charge in [-0.2, -0.15) is 0 Å². The van der Waals surface area contributed by atoms with Crippen molar-refractivity contribution in [3.8, 4) is 0 Å². The molecule has 0 radical (unpaired) electrons. The van der Waals surface area contributed by atoms with Gasteiger partial charge in [-0.3, -0.25) is 4.79 Å². The second kappa shape index (κ2) is 8.46. The van der Waals surface area contributed by atoms with Gasteiger partial charge in [-0.15, -0.1) is 0 Å². The van der Waals surface area contributed by atoms with Crippen LogP contribution in [0.25, 0.3) is 11.0 Å². The van der Waals surface area contributed by atoms with Gasteiger partial charge in [-0.25, -0.2) is 12.8 Å². The minimum Gasteiger partial charge on any atom is -0.451 e. The molecule has 0 bridgehead atoms. The first-order valence-corrected chi connectivity index (χ1v) is 12.6. The van der Waals surface area contributed by atoms with Crippen molar-refractivity contribution in [2.45, 2.75) is 43.3 Å². The number of hydrogen-bond donors (Lipinski definition) is 1. The molecule has 0 unspecified atom stereocenters. The van der Waals surface area contributed by atoms with Crippen LogP contribution in [-0.2, 0) is 21.0 Å². The molecule has 1 amide bonds. The van der Waals surface area contributed by atoms with Gasteiger partial charge in [0, 0.05) is 29.2 Å². The van der Waals surface area contributed by atoms with Crippen molar-refractivity contribution < 1.29 is 22.0 Å². The van der Waals surface area contributed by atoms with Crippen molar-refractivity contribution in [3.63, 3.8) is 0 Å². The summed E-state index contributed by atoms with van der Waals surface area (Å²) >= 11 is 0. The first-order chi connectivity index (χ1) is 14.8. The standard InChI is InChI=1S/C24H26FNO4S/c1-31(28,29)15-20-19-7-3-4-8-21(19)30-22(20)23(27)26-16-24(13-5-2-6-14-24)17-9-11-18(25)12-10-17/h3-4,7-12H,2,5-6,13-16H2,1H3,(H,26,27). The summed E-state index contributed by atoms with van der Waals surface area (Å²) in [6.07, 6.45) is 6.15. The molecule has 164 valence electrons. The Morgan fingerprint density at radius 2 is 1.74 bits per heavy atom. The van der Waals surface area contributed by atoms with Crippen LogP contribution in [-0.4, -0.2) is 27.1 Å². The molecule has 0 atom stereocenters. The quantitative estimate of drug-likeness (QED) is 0.597. The van der Waals surface area contributed by atoms with Gasteiger partial charge in [0.2, 0.25) is 0 Å². The molecule has 1 aliphatic rings. The molecule has 1 saturated carbocycles. The lowest BCUT2D eigenvalue weighted by Crippen LogP contribution is -2.42. The number of carbonyl (C=O) groups is 1. The fourth-order valence-electron chi connectivity index (χ4n) is 4.62. The number of rotatable bonds is 6. The summed E-state index contributed by atoms with van der Waals surface area (Å²) < 4.78 is 43.2. The number of amides is 1. The fraction of sp³-hybridized carbons (Fsp3) is 0.375. The highest BCUT2D eigenvalue weighted by molar-refractivity contribution is 7.89. The van der Waals surface area contributed by atoms with E-state index in [1.54, 1.807) is 36.4 Å². The fourth-order valence-corrected chi connectivity index (χ4v) is 5.43. The molecule has 1 N–H and O–H groups in total. The van der Waals surface area contributed by atoms with Crippen LogP contribution in [0.5, 0.6) is 0 Å². The normalized spacial score (nSPS) is 16.3. The SMILES string of the molecule is CS(=O)(=O)Cc1c(C(=O)NCC2(c3ccc(F)cc3)CCCCC2)oc2ccccc12.